The van der Waals surface area contributed by atoms with E-state index in [1.54, 1.807) is 0 Å². The van der Waals surface area contributed by atoms with Crippen molar-refractivity contribution >= 4 is 11.6 Å². The molecule has 0 aliphatic carbocycles. The Labute approximate surface area is 123 Å². The highest BCUT2D eigenvalue weighted by molar-refractivity contribution is 5.54. The van der Waals surface area contributed by atoms with E-state index in [0.717, 1.165) is 49.8 Å². The lowest BCUT2D eigenvalue weighted by Gasteiger charge is -2.18. The maximum Gasteiger partial charge on any atom is 0.135 e. The number of aromatic nitrogens is 2. The Bertz CT molecular complexity index is 413. The molecule has 1 aromatic heterocycles. The van der Waals surface area contributed by atoms with Crippen molar-refractivity contribution in [3.05, 3.63) is 11.4 Å². The van der Waals surface area contributed by atoms with Crippen LogP contribution in [-0.4, -0.2) is 41.0 Å². The van der Waals surface area contributed by atoms with Gasteiger partial charge in [0.15, 0.2) is 0 Å². The van der Waals surface area contributed by atoms with E-state index in [-0.39, 0.29) is 5.92 Å². The normalized spacial score (nSPS) is 11.3. The maximum atomic E-state index is 5.96. The van der Waals surface area contributed by atoms with Crippen LogP contribution in [0.4, 0.5) is 11.6 Å². The van der Waals surface area contributed by atoms with Gasteiger partial charge in [-0.05, 0) is 33.0 Å². The van der Waals surface area contributed by atoms with Crippen LogP contribution in [0.1, 0.15) is 51.4 Å². The molecule has 0 fully saturated rings. The molecular weight excluding hydrogens is 250 g/mol. The van der Waals surface area contributed by atoms with Gasteiger partial charge in [-0.15, -0.1) is 0 Å². The molecule has 0 aliphatic heterocycles. The van der Waals surface area contributed by atoms with Gasteiger partial charge in [0.05, 0.1) is 0 Å². The fourth-order valence-electron chi connectivity index (χ4n) is 2.03. The Morgan fingerprint density at radius 2 is 1.85 bits per heavy atom. The molecule has 0 amide bonds. The quantitative estimate of drug-likeness (QED) is 0.716. The van der Waals surface area contributed by atoms with Crippen molar-refractivity contribution in [2.45, 2.75) is 47.0 Å². The number of anilines is 2. The van der Waals surface area contributed by atoms with E-state index in [4.69, 9.17) is 5.73 Å². The van der Waals surface area contributed by atoms with E-state index in [9.17, 15) is 0 Å². The molecule has 0 atom stereocenters. The molecule has 0 saturated carbocycles. The first kappa shape index (κ1) is 16.7. The predicted octanol–water partition coefficient (Wildman–Crippen LogP) is 2.63. The summed E-state index contributed by atoms with van der Waals surface area (Å²) >= 11 is 0. The molecule has 1 rings (SSSR count). The molecule has 0 saturated heterocycles. The van der Waals surface area contributed by atoms with Gasteiger partial charge in [0.2, 0.25) is 0 Å². The Hall–Kier alpha value is -1.36. The van der Waals surface area contributed by atoms with E-state index >= 15 is 0 Å². The number of hydrogen-bond donors (Lipinski definition) is 2. The molecule has 0 aromatic carbocycles. The third-order valence-corrected chi connectivity index (χ3v) is 3.56. The van der Waals surface area contributed by atoms with Gasteiger partial charge in [0, 0.05) is 18.0 Å². The summed E-state index contributed by atoms with van der Waals surface area (Å²) in [6, 6.07) is 0. The van der Waals surface area contributed by atoms with Crippen LogP contribution >= 0.6 is 0 Å². The van der Waals surface area contributed by atoms with E-state index in [2.05, 4.69) is 47.9 Å². The van der Waals surface area contributed by atoms with E-state index in [0.29, 0.717) is 5.82 Å². The smallest absolute Gasteiger partial charge is 0.135 e. The first-order valence-corrected chi connectivity index (χ1v) is 7.59. The second-order valence-electron chi connectivity index (χ2n) is 5.40. The summed E-state index contributed by atoms with van der Waals surface area (Å²) in [5.74, 6) is 2.55. The maximum absolute atomic E-state index is 5.96. The molecule has 0 spiro atoms. The lowest BCUT2D eigenvalue weighted by atomic mass is 10.2. The summed E-state index contributed by atoms with van der Waals surface area (Å²) in [6.45, 7) is 14.7. The first-order valence-electron chi connectivity index (χ1n) is 7.59. The Morgan fingerprint density at radius 1 is 1.20 bits per heavy atom. The lowest BCUT2D eigenvalue weighted by Crippen LogP contribution is -2.25. The SMILES string of the molecule is CCN(CC)CCCNc1nc(C(C)C)nc(N)c1C. The Morgan fingerprint density at radius 3 is 2.40 bits per heavy atom. The molecule has 114 valence electrons. The number of nitrogens with zero attached hydrogens (tertiary/aromatic N) is 3. The van der Waals surface area contributed by atoms with Crippen LogP contribution in [0.5, 0.6) is 0 Å². The van der Waals surface area contributed by atoms with Crippen LogP contribution < -0.4 is 11.1 Å². The van der Waals surface area contributed by atoms with E-state index < -0.39 is 0 Å². The van der Waals surface area contributed by atoms with Crippen molar-refractivity contribution < 1.29 is 0 Å². The minimum Gasteiger partial charge on any atom is -0.383 e. The van der Waals surface area contributed by atoms with Gasteiger partial charge in [-0.3, -0.25) is 0 Å². The van der Waals surface area contributed by atoms with Crippen molar-refractivity contribution in [1.82, 2.24) is 14.9 Å². The molecule has 5 heteroatoms. The van der Waals surface area contributed by atoms with Gasteiger partial charge in [0.1, 0.15) is 17.5 Å². The van der Waals surface area contributed by atoms with Crippen molar-refractivity contribution in [2.75, 3.05) is 37.2 Å². The van der Waals surface area contributed by atoms with Gasteiger partial charge < -0.3 is 16.0 Å². The topological polar surface area (TPSA) is 67.1 Å². The highest BCUT2D eigenvalue weighted by atomic mass is 15.1. The summed E-state index contributed by atoms with van der Waals surface area (Å²) < 4.78 is 0. The minimum absolute atomic E-state index is 0.286. The van der Waals surface area contributed by atoms with Crippen LogP contribution in [0.2, 0.25) is 0 Å². The Kier molecular flexibility index (Phi) is 6.71. The van der Waals surface area contributed by atoms with Crippen molar-refractivity contribution in [2.24, 2.45) is 0 Å². The minimum atomic E-state index is 0.286. The lowest BCUT2D eigenvalue weighted by molar-refractivity contribution is 0.303. The van der Waals surface area contributed by atoms with Crippen LogP contribution in [0.15, 0.2) is 0 Å². The van der Waals surface area contributed by atoms with Gasteiger partial charge in [-0.2, -0.15) is 0 Å². The van der Waals surface area contributed by atoms with E-state index in [1.165, 1.54) is 0 Å². The van der Waals surface area contributed by atoms with Crippen LogP contribution in [0.3, 0.4) is 0 Å². The monoisotopic (exact) mass is 279 g/mol. The predicted molar refractivity (Wildman–Crippen MR) is 86.2 cm³/mol. The van der Waals surface area contributed by atoms with Gasteiger partial charge in [-0.1, -0.05) is 27.7 Å². The van der Waals surface area contributed by atoms with Crippen LogP contribution in [0.25, 0.3) is 0 Å². The number of nitrogen functional groups attached to an aromatic ring is 1. The number of nitrogens with two attached hydrogens (primary N) is 1. The van der Waals surface area contributed by atoms with E-state index in [1.807, 2.05) is 6.92 Å². The van der Waals surface area contributed by atoms with Crippen molar-refractivity contribution in [3.8, 4) is 0 Å². The van der Waals surface area contributed by atoms with Crippen LogP contribution in [0, 0.1) is 6.92 Å². The summed E-state index contributed by atoms with van der Waals surface area (Å²) in [5.41, 5.74) is 6.90. The average Bonchev–Trinajstić information content (AvgIpc) is 2.43. The Balaban J connectivity index is 2.59. The third kappa shape index (κ3) is 4.63. The number of hydrogen-bond acceptors (Lipinski definition) is 5. The molecule has 0 bridgehead atoms. The van der Waals surface area contributed by atoms with Crippen molar-refractivity contribution in [1.29, 1.82) is 0 Å². The fourth-order valence-corrected chi connectivity index (χ4v) is 2.03. The molecular formula is C15H29N5. The highest BCUT2D eigenvalue weighted by Crippen LogP contribution is 2.20. The largest absolute Gasteiger partial charge is 0.383 e. The average molecular weight is 279 g/mol. The summed E-state index contributed by atoms with van der Waals surface area (Å²) in [6.07, 6.45) is 1.10. The summed E-state index contributed by atoms with van der Waals surface area (Å²) in [5, 5.41) is 3.39. The highest BCUT2D eigenvalue weighted by Gasteiger charge is 2.10. The molecule has 0 aliphatic rings. The summed E-state index contributed by atoms with van der Waals surface area (Å²) in [4.78, 5) is 11.3. The standard InChI is InChI=1S/C15H29N5/c1-6-20(7-2)10-8-9-17-15-12(5)13(16)18-14(19-15)11(3)4/h11H,6-10H2,1-5H3,(H3,16,17,18,19). The van der Waals surface area contributed by atoms with Crippen molar-refractivity contribution in [3.63, 3.8) is 0 Å². The van der Waals surface area contributed by atoms with Gasteiger partial charge in [-0.25, -0.2) is 9.97 Å². The molecule has 3 N–H and O–H groups in total. The fraction of sp³-hybridized carbons (Fsp3) is 0.733. The molecule has 5 nitrogen and oxygen atoms in total. The number of rotatable bonds is 8. The molecule has 0 unspecified atom stereocenters. The molecule has 20 heavy (non-hydrogen) atoms. The van der Waals surface area contributed by atoms with Crippen LogP contribution in [-0.2, 0) is 0 Å². The summed E-state index contributed by atoms with van der Waals surface area (Å²) in [7, 11) is 0. The van der Waals surface area contributed by atoms with Gasteiger partial charge >= 0.3 is 0 Å². The molecule has 1 heterocycles. The zero-order valence-corrected chi connectivity index (χ0v) is 13.5. The second kappa shape index (κ2) is 8.04. The molecule has 0 radical (unpaired) electrons. The first-order chi connectivity index (χ1) is 9.49. The zero-order chi connectivity index (χ0) is 15.1. The molecule has 1 aromatic rings. The second-order valence-corrected chi connectivity index (χ2v) is 5.40. The number of nitrogens with one attached hydrogen (secondary N) is 1. The van der Waals surface area contributed by atoms with Gasteiger partial charge in [0.25, 0.3) is 0 Å². The zero-order valence-electron chi connectivity index (χ0n) is 13.5. The third-order valence-electron chi connectivity index (χ3n) is 3.56.